The van der Waals surface area contributed by atoms with Gasteiger partial charge in [-0.1, -0.05) is 0 Å². The van der Waals surface area contributed by atoms with Gasteiger partial charge in [0.15, 0.2) is 6.29 Å². The topological polar surface area (TPSA) is 42.0 Å². The third-order valence-corrected chi connectivity index (χ3v) is 2.19. The molecule has 1 N–H and O–H groups in total. The zero-order valence-corrected chi connectivity index (χ0v) is 8.12. The zero-order chi connectivity index (χ0) is 8.27. The van der Waals surface area contributed by atoms with Gasteiger partial charge in [-0.2, -0.15) is 0 Å². The van der Waals surface area contributed by atoms with Gasteiger partial charge in [0, 0.05) is 16.8 Å². The number of carbonyl (C=O) groups is 1. The first-order valence-corrected chi connectivity index (χ1v) is 4.15. The van der Waals surface area contributed by atoms with Gasteiger partial charge in [0.25, 0.3) is 0 Å². The molecule has 1 aromatic rings. The molecule has 0 spiro atoms. The summed E-state index contributed by atoms with van der Waals surface area (Å²) in [6.07, 6.45) is 2.36. The third kappa shape index (κ3) is 1.68. The molecular formula is C7H7IN2O. The van der Waals surface area contributed by atoms with Crippen LogP contribution in [0.2, 0.25) is 0 Å². The quantitative estimate of drug-likeness (QED) is 0.649. The number of hydrogen-bond donors (Lipinski definition) is 1. The van der Waals surface area contributed by atoms with Crippen molar-refractivity contribution in [1.29, 1.82) is 0 Å². The highest BCUT2D eigenvalue weighted by Crippen LogP contribution is 2.18. The zero-order valence-electron chi connectivity index (χ0n) is 5.97. The summed E-state index contributed by atoms with van der Waals surface area (Å²) in [5.41, 5.74) is 1.25. The molecule has 1 aromatic heterocycles. The highest BCUT2D eigenvalue weighted by atomic mass is 127. The second kappa shape index (κ2) is 3.66. The molecule has 0 unspecified atom stereocenters. The summed E-state index contributed by atoms with van der Waals surface area (Å²) in [6, 6.07) is 1.85. The number of rotatable bonds is 2. The van der Waals surface area contributed by atoms with Gasteiger partial charge >= 0.3 is 0 Å². The smallest absolute Gasteiger partial charge is 0.170 e. The Labute approximate surface area is 78.4 Å². The van der Waals surface area contributed by atoms with Crippen LogP contribution < -0.4 is 5.32 Å². The Morgan fingerprint density at radius 1 is 1.73 bits per heavy atom. The molecule has 0 saturated carbocycles. The van der Waals surface area contributed by atoms with E-state index in [4.69, 9.17) is 0 Å². The Morgan fingerprint density at radius 3 is 2.91 bits per heavy atom. The molecule has 0 aliphatic carbocycles. The number of hydrogen-bond acceptors (Lipinski definition) is 3. The van der Waals surface area contributed by atoms with Crippen LogP contribution in [0.5, 0.6) is 0 Å². The summed E-state index contributed by atoms with van der Waals surface area (Å²) in [4.78, 5) is 14.3. The van der Waals surface area contributed by atoms with Crippen LogP contribution in [-0.2, 0) is 0 Å². The molecule has 0 atom stereocenters. The van der Waals surface area contributed by atoms with E-state index in [1.54, 1.807) is 13.2 Å². The lowest BCUT2D eigenvalue weighted by Gasteiger charge is -2.03. The van der Waals surface area contributed by atoms with Crippen molar-refractivity contribution in [3.8, 4) is 0 Å². The lowest BCUT2D eigenvalue weighted by atomic mass is 10.3. The summed E-state index contributed by atoms with van der Waals surface area (Å²) in [5.74, 6) is 0. The molecule has 0 radical (unpaired) electrons. The second-order valence-corrected chi connectivity index (χ2v) is 3.08. The van der Waals surface area contributed by atoms with Gasteiger partial charge in [-0.15, -0.1) is 0 Å². The summed E-state index contributed by atoms with van der Waals surface area (Å²) in [6.45, 7) is 0. The van der Waals surface area contributed by atoms with E-state index in [1.165, 1.54) is 0 Å². The molecule has 0 aliphatic rings. The maximum Gasteiger partial charge on any atom is 0.170 e. The molecule has 58 valence electrons. The number of nitrogens with zero attached hydrogens (tertiary/aromatic N) is 1. The van der Waals surface area contributed by atoms with E-state index in [0.29, 0.717) is 5.69 Å². The maximum absolute atomic E-state index is 10.4. The van der Waals surface area contributed by atoms with E-state index >= 15 is 0 Å². The number of anilines is 1. The van der Waals surface area contributed by atoms with E-state index in [-0.39, 0.29) is 0 Å². The largest absolute Gasteiger partial charge is 0.385 e. The molecule has 1 rings (SSSR count). The Morgan fingerprint density at radius 2 is 2.45 bits per heavy atom. The van der Waals surface area contributed by atoms with Crippen LogP contribution in [0, 0.1) is 3.57 Å². The second-order valence-electron chi connectivity index (χ2n) is 1.92. The number of halogens is 1. The number of aromatic nitrogens is 1. The summed E-state index contributed by atoms with van der Waals surface area (Å²) < 4.78 is 1.00. The monoisotopic (exact) mass is 262 g/mol. The maximum atomic E-state index is 10.4. The number of aldehydes is 1. The van der Waals surface area contributed by atoms with Gasteiger partial charge in [0.2, 0.25) is 0 Å². The van der Waals surface area contributed by atoms with Gasteiger partial charge in [0.05, 0.1) is 5.69 Å². The van der Waals surface area contributed by atoms with Crippen LogP contribution in [0.3, 0.4) is 0 Å². The van der Waals surface area contributed by atoms with Crippen molar-refractivity contribution in [2.24, 2.45) is 0 Å². The molecule has 3 nitrogen and oxygen atoms in total. The van der Waals surface area contributed by atoms with Gasteiger partial charge in [-0.05, 0) is 28.7 Å². The lowest BCUT2D eigenvalue weighted by molar-refractivity contribution is 0.112. The molecule has 0 amide bonds. The highest BCUT2D eigenvalue weighted by molar-refractivity contribution is 14.1. The van der Waals surface area contributed by atoms with Crippen molar-refractivity contribution < 1.29 is 4.79 Å². The molecule has 0 fully saturated rings. The SMILES string of the molecule is CNc1c(I)ccnc1C=O. The molecule has 1 heterocycles. The minimum absolute atomic E-state index is 0.458. The first-order chi connectivity index (χ1) is 5.29. The fourth-order valence-electron chi connectivity index (χ4n) is 0.790. The Kier molecular flexibility index (Phi) is 2.81. The molecule has 0 aliphatic heterocycles. The molecular weight excluding hydrogens is 255 g/mol. The fraction of sp³-hybridized carbons (Fsp3) is 0.143. The summed E-state index contributed by atoms with van der Waals surface area (Å²) in [5, 5.41) is 2.91. The van der Waals surface area contributed by atoms with Crippen LogP contribution in [-0.4, -0.2) is 18.3 Å². The van der Waals surface area contributed by atoms with Crippen molar-refractivity contribution in [2.45, 2.75) is 0 Å². The van der Waals surface area contributed by atoms with Crippen molar-refractivity contribution in [3.63, 3.8) is 0 Å². The average Bonchev–Trinajstić information content (AvgIpc) is 2.04. The predicted octanol–water partition coefficient (Wildman–Crippen LogP) is 1.54. The molecule has 0 saturated heterocycles. The lowest BCUT2D eigenvalue weighted by Crippen LogP contribution is -1.99. The van der Waals surface area contributed by atoms with Crippen molar-refractivity contribution in [1.82, 2.24) is 4.98 Å². The van der Waals surface area contributed by atoms with Crippen molar-refractivity contribution in [2.75, 3.05) is 12.4 Å². The van der Waals surface area contributed by atoms with Crippen molar-refractivity contribution in [3.05, 3.63) is 21.5 Å². The first kappa shape index (κ1) is 8.45. The van der Waals surface area contributed by atoms with Crippen LogP contribution in [0.25, 0.3) is 0 Å². The molecule has 11 heavy (non-hydrogen) atoms. The number of nitrogens with one attached hydrogen (secondary N) is 1. The highest BCUT2D eigenvalue weighted by Gasteiger charge is 2.03. The van der Waals surface area contributed by atoms with Crippen LogP contribution in [0.4, 0.5) is 5.69 Å². The van der Waals surface area contributed by atoms with E-state index in [2.05, 4.69) is 32.9 Å². The van der Waals surface area contributed by atoms with Gasteiger partial charge < -0.3 is 5.32 Å². The van der Waals surface area contributed by atoms with Crippen molar-refractivity contribution >= 4 is 34.6 Å². The Balaban J connectivity index is 3.23. The van der Waals surface area contributed by atoms with Gasteiger partial charge in [-0.25, -0.2) is 0 Å². The first-order valence-electron chi connectivity index (χ1n) is 3.07. The minimum Gasteiger partial charge on any atom is -0.385 e. The van der Waals surface area contributed by atoms with E-state index < -0.39 is 0 Å². The summed E-state index contributed by atoms with van der Waals surface area (Å²) >= 11 is 2.15. The third-order valence-electron chi connectivity index (χ3n) is 1.29. The average molecular weight is 262 g/mol. The number of carbonyl (C=O) groups excluding carboxylic acids is 1. The van der Waals surface area contributed by atoms with E-state index in [1.807, 2.05) is 6.07 Å². The minimum atomic E-state index is 0.458. The van der Waals surface area contributed by atoms with Gasteiger partial charge in [-0.3, -0.25) is 9.78 Å². The Hall–Kier alpha value is -0.650. The fourth-order valence-corrected chi connectivity index (χ4v) is 1.50. The normalized spacial score (nSPS) is 9.27. The molecule has 0 bridgehead atoms. The number of pyridine rings is 1. The van der Waals surface area contributed by atoms with Gasteiger partial charge in [0.1, 0.15) is 5.69 Å². The predicted molar refractivity (Wildman–Crippen MR) is 51.9 cm³/mol. The van der Waals surface area contributed by atoms with Crippen LogP contribution >= 0.6 is 22.6 Å². The summed E-state index contributed by atoms with van der Waals surface area (Å²) in [7, 11) is 1.77. The van der Waals surface area contributed by atoms with E-state index in [0.717, 1.165) is 15.5 Å². The molecule has 4 heteroatoms. The van der Waals surface area contributed by atoms with Crippen LogP contribution in [0.1, 0.15) is 10.5 Å². The Bertz CT molecular complexity index is 275. The van der Waals surface area contributed by atoms with Crippen LogP contribution in [0.15, 0.2) is 12.3 Å². The standard InChI is InChI=1S/C7H7IN2O/c1-9-7-5(8)2-3-10-6(7)4-11/h2-4,9H,1H3. The molecule has 0 aromatic carbocycles. The van der Waals surface area contributed by atoms with E-state index in [9.17, 15) is 4.79 Å².